The summed E-state index contributed by atoms with van der Waals surface area (Å²) in [5, 5.41) is 34.8. The van der Waals surface area contributed by atoms with E-state index in [9.17, 15) is 24.9 Å². The van der Waals surface area contributed by atoms with Crippen molar-refractivity contribution in [2.24, 2.45) is 28.6 Å². The number of aldehydes is 1. The number of rotatable bonds is 5. The molecule has 9 nitrogen and oxygen atoms in total. The van der Waals surface area contributed by atoms with Crippen molar-refractivity contribution in [3.63, 3.8) is 0 Å². The minimum Gasteiger partial charge on any atom is -0.458 e. The highest BCUT2D eigenvalue weighted by atomic mass is 16.7. The predicted molar refractivity (Wildman–Crippen MR) is 138 cm³/mol. The number of esters is 1. The third kappa shape index (κ3) is 3.94. The molecule has 9 heteroatoms. The summed E-state index contributed by atoms with van der Waals surface area (Å²) in [5.41, 5.74) is -2.52. The molecule has 0 aromatic rings. The highest BCUT2D eigenvalue weighted by Gasteiger charge is 2.71. The average Bonchev–Trinajstić information content (AvgIpc) is 3.45. The van der Waals surface area contributed by atoms with Gasteiger partial charge in [0, 0.05) is 31.4 Å². The van der Waals surface area contributed by atoms with Crippen LogP contribution in [0.25, 0.3) is 0 Å². The second-order valence-corrected chi connectivity index (χ2v) is 13.5. The van der Waals surface area contributed by atoms with E-state index in [0.29, 0.717) is 51.6 Å². The zero-order valence-corrected chi connectivity index (χ0v) is 23.3. The van der Waals surface area contributed by atoms with Crippen molar-refractivity contribution in [1.82, 2.24) is 0 Å². The number of hydrogen-bond acceptors (Lipinski definition) is 9. The van der Waals surface area contributed by atoms with Crippen molar-refractivity contribution in [3.8, 4) is 0 Å². The van der Waals surface area contributed by atoms with Crippen LogP contribution in [0.1, 0.15) is 78.1 Å². The van der Waals surface area contributed by atoms with E-state index < -0.39 is 40.5 Å². The average molecular weight is 549 g/mol. The number of fused-ring (bicyclic) bond motifs is 5. The van der Waals surface area contributed by atoms with Crippen LogP contribution in [0.3, 0.4) is 0 Å². The van der Waals surface area contributed by atoms with E-state index in [1.54, 1.807) is 20.1 Å². The quantitative estimate of drug-likeness (QED) is 0.269. The fourth-order valence-corrected chi connectivity index (χ4v) is 9.98. The monoisotopic (exact) mass is 548 g/mol. The smallest absolute Gasteiger partial charge is 0.331 e. The van der Waals surface area contributed by atoms with E-state index in [1.807, 2.05) is 0 Å². The van der Waals surface area contributed by atoms with Crippen LogP contribution in [0.5, 0.6) is 0 Å². The van der Waals surface area contributed by atoms with Gasteiger partial charge in [-0.3, -0.25) is 0 Å². The van der Waals surface area contributed by atoms with Gasteiger partial charge in [0.25, 0.3) is 0 Å². The Morgan fingerprint density at radius 2 is 1.85 bits per heavy atom. The molecule has 0 radical (unpaired) electrons. The maximum Gasteiger partial charge on any atom is 0.331 e. The number of carbonyl (C=O) groups is 2. The highest BCUT2D eigenvalue weighted by molar-refractivity contribution is 5.85. The lowest BCUT2D eigenvalue weighted by molar-refractivity contribution is -0.287. The summed E-state index contributed by atoms with van der Waals surface area (Å²) in [6.07, 6.45) is 6.10. The summed E-state index contributed by atoms with van der Waals surface area (Å²) in [6.45, 7) is 4.25. The zero-order valence-electron chi connectivity index (χ0n) is 23.3. The maximum atomic E-state index is 13.0. The molecule has 0 aromatic carbocycles. The van der Waals surface area contributed by atoms with Crippen LogP contribution in [-0.2, 0) is 28.5 Å². The first-order valence-corrected chi connectivity index (χ1v) is 14.8. The van der Waals surface area contributed by atoms with Gasteiger partial charge in [0.15, 0.2) is 6.29 Å². The topological polar surface area (TPSA) is 132 Å². The molecule has 1 unspecified atom stereocenters. The van der Waals surface area contributed by atoms with Crippen molar-refractivity contribution >= 4 is 12.3 Å². The molecule has 0 bridgehead atoms. The first-order valence-electron chi connectivity index (χ1n) is 14.8. The van der Waals surface area contributed by atoms with E-state index in [4.69, 9.17) is 18.9 Å². The van der Waals surface area contributed by atoms with Crippen LogP contribution in [0, 0.1) is 28.6 Å². The molecule has 1 saturated heterocycles. The summed E-state index contributed by atoms with van der Waals surface area (Å²) < 4.78 is 22.9. The normalized spacial score (nSPS) is 53.3. The highest BCUT2D eigenvalue weighted by Crippen LogP contribution is 2.70. The fraction of sp³-hybridized carbons (Fsp3) is 0.867. The van der Waals surface area contributed by atoms with E-state index in [-0.39, 0.29) is 35.9 Å². The van der Waals surface area contributed by atoms with Crippen molar-refractivity contribution in [2.75, 3.05) is 13.7 Å². The molecular weight excluding hydrogens is 504 g/mol. The van der Waals surface area contributed by atoms with Gasteiger partial charge in [0.2, 0.25) is 0 Å². The number of cyclic esters (lactones) is 1. The first kappa shape index (κ1) is 27.8. The Hall–Kier alpha value is -1.36. The lowest BCUT2D eigenvalue weighted by atomic mass is 9.41. The van der Waals surface area contributed by atoms with Crippen LogP contribution in [0.4, 0.5) is 0 Å². The van der Waals surface area contributed by atoms with Gasteiger partial charge in [0.1, 0.15) is 19.0 Å². The fourth-order valence-electron chi connectivity index (χ4n) is 9.98. The summed E-state index contributed by atoms with van der Waals surface area (Å²) in [7, 11) is 1.57. The second kappa shape index (κ2) is 9.60. The molecule has 39 heavy (non-hydrogen) atoms. The third-order valence-corrected chi connectivity index (χ3v) is 12.1. The van der Waals surface area contributed by atoms with E-state index >= 15 is 0 Å². The molecule has 4 aliphatic carbocycles. The molecule has 2 heterocycles. The van der Waals surface area contributed by atoms with Crippen LogP contribution in [-0.4, -0.2) is 83.2 Å². The van der Waals surface area contributed by atoms with Crippen LogP contribution in [0.2, 0.25) is 0 Å². The van der Waals surface area contributed by atoms with E-state index in [2.05, 4.69) is 6.92 Å². The Kier molecular flexibility index (Phi) is 6.84. The summed E-state index contributed by atoms with van der Waals surface area (Å²) in [4.78, 5) is 24.8. The number of aliphatic hydroxyl groups is 3. The number of methoxy groups -OCH3 is 1. The molecule has 6 aliphatic rings. The Labute approximate surface area is 230 Å². The molecule has 12 atom stereocenters. The third-order valence-electron chi connectivity index (χ3n) is 12.1. The number of ether oxygens (including phenoxy) is 4. The van der Waals surface area contributed by atoms with Gasteiger partial charge < -0.3 is 39.1 Å². The zero-order chi connectivity index (χ0) is 27.8. The Morgan fingerprint density at radius 3 is 2.54 bits per heavy atom. The minimum atomic E-state index is -1.21. The van der Waals surface area contributed by atoms with Crippen LogP contribution < -0.4 is 0 Å². The molecule has 3 N–H and O–H groups in total. The molecule has 218 valence electrons. The van der Waals surface area contributed by atoms with Gasteiger partial charge >= 0.3 is 5.97 Å². The van der Waals surface area contributed by atoms with Gasteiger partial charge in [-0.1, -0.05) is 6.92 Å². The number of hydrogen-bond donors (Lipinski definition) is 3. The van der Waals surface area contributed by atoms with Crippen molar-refractivity contribution in [1.29, 1.82) is 0 Å². The van der Waals surface area contributed by atoms with Crippen molar-refractivity contribution in [2.45, 2.75) is 120 Å². The predicted octanol–water partition coefficient (Wildman–Crippen LogP) is 2.43. The lowest BCUT2D eigenvalue weighted by Crippen LogP contribution is -2.69. The molecule has 5 fully saturated rings. The van der Waals surface area contributed by atoms with Crippen LogP contribution in [0.15, 0.2) is 11.6 Å². The molecule has 0 aromatic heterocycles. The maximum absolute atomic E-state index is 13.0. The molecule has 4 saturated carbocycles. The molecule has 0 amide bonds. The van der Waals surface area contributed by atoms with Gasteiger partial charge in [-0.2, -0.15) is 0 Å². The summed E-state index contributed by atoms with van der Waals surface area (Å²) in [6, 6.07) is 0. The van der Waals surface area contributed by atoms with Crippen molar-refractivity contribution < 1.29 is 43.9 Å². The molecule has 2 aliphatic heterocycles. The number of carbonyl (C=O) groups excluding carboxylic acids is 2. The molecule has 0 spiro atoms. The van der Waals surface area contributed by atoms with Crippen molar-refractivity contribution in [3.05, 3.63) is 11.6 Å². The van der Waals surface area contributed by atoms with Gasteiger partial charge in [-0.25, -0.2) is 4.79 Å². The lowest BCUT2D eigenvalue weighted by Gasteiger charge is -2.65. The van der Waals surface area contributed by atoms with E-state index in [1.165, 1.54) is 0 Å². The first-order chi connectivity index (χ1) is 18.5. The standard InChI is InChI=1S/C30H44O9/c1-17-26(33)23(36-3)13-25(38-17)39-19-4-9-28(16-31)21-5-8-27(2)20(18-12-24(32)37-15-18)7-11-30(27,35)22(21)6-10-29(28,34)14-19/h12,16-17,19-23,25-26,33-35H,4-11,13-15H2,1-3H3/t17-,19+,20-,21+,22+,23+,25?,26-,27-,28+,29+,30+/m1/s1. The number of aliphatic hydroxyl groups excluding tert-OH is 1. The SMILES string of the molecule is CO[C@H]1CC(O[C@H]2CC[C@]3(C=O)[C@H]4CC[C@]5(C)[C@@H](C6=CC(=O)OC6)CC[C@]5(O)[C@H]4CC[C@]3(O)C2)O[C@H](C)[C@H]1O. The second-order valence-electron chi connectivity index (χ2n) is 13.5. The molecule has 6 rings (SSSR count). The Balaban J connectivity index is 1.21. The van der Waals surface area contributed by atoms with Gasteiger partial charge in [0.05, 0.1) is 34.9 Å². The largest absolute Gasteiger partial charge is 0.458 e. The Bertz CT molecular complexity index is 1030. The molecular formula is C30H44O9. The summed E-state index contributed by atoms with van der Waals surface area (Å²) >= 11 is 0. The minimum absolute atomic E-state index is 0.0827. The Morgan fingerprint density at radius 1 is 1.08 bits per heavy atom. The summed E-state index contributed by atoms with van der Waals surface area (Å²) in [5.74, 6) is -0.420. The van der Waals surface area contributed by atoms with Gasteiger partial charge in [-0.15, -0.1) is 0 Å². The van der Waals surface area contributed by atoms with Gasteiger partial charge in [-0.05, 0) is 81.6 Å². The van der Waals surface area contributed by atoms with E-state index in [0.717, 1.165) is 31.1 Å². The van der Waals surface area contributed by atoms with Crippen LogP contribution >= 0.6 is 0 Å².